The molecule has 0 bridgehead atoms. The number of anilines is 2. The van der Waals surface area contributed by atoms with Gasteiger partial charge in [0.25, 0.3) is 11.8 Å². The van der Waals surface area contributed by atoms with Crippen LogP contribution in [0.1, 0.15) is 60.2 Å². The molecule has 170 valence electrons. The topological polar surface area (TPSA) is 81.8 Å². The van der Waals surface area contributed by atoms with Crippen LogP contribution in [0.4, 0.5) is 10.7 Å². The maximum absolute atomic E-state index is 12.9. The number of benzene rings is 1. The summed E-state index contributed by atoms with van der Waals surface area (Å²) in [7, 11) is 0. The fraction of sp³-hybridized carbons (Fsp3) is 0.458. The van der Waals surface area contributed by atoms with Crippen molar-refractivity contribution in [3.05, 3.63) is 46.8 Å². The van der Waals surface area contributed by atoms with Crippen LogP contribution in [-0.4, -0.2) is 54.3 Å². The van der Waals surface area contributed by atoms with Crippen molar-refractivity contribution < 1.29 is 14.4 Å². The van der Waals surface area contributed by atoms with E-state index in [2.05, 4.69) is 29.4 Å². The van der Waals surface area contributed by atoms with Gasteiger partial charge < -0.3 is 20.4 Å². The number of nitrogens with one attached hydrogen (secondary N) is 2. The molecule has 0 spiro atoms. The molecule has 2 aliphatic rings. The van der Waals surface area contributed by atoms with Crippen LogP contribution in [0.2, 0.25) is 0 Å². The largest absolute Gasteiger partial charge is 0.349 e. The van der Waals surface area contributed by atoms with Crippen LogP contribution in [0.15, 0.2) is 35.7 Å². The number of amides is 3. The molecule has 0 atom stereocenters. The second kappa shape index (κ2) is 9.83. The SMILES string of the molecule is CC(C)N1CCC(NC(=O)c2ccsc2NC(=O)c2cccc(N3CCCC3=O)c2)CC1. The Balaban J connectivity index is 1.39. The van der Waals surface area contributed by atoms with E-state index in [-0.39, 0.29) is 23.8 Å². The zero-order valence-corrected chi connectivity index (χ0v) is 19.4. The Hall–Kier alpha value is -2.71. The summed E-state index contributed by atoms with van der Waals surface area (Å²) >= 11 is 1.33. The van der Waals surface area contributed by atoms with Gasteiger partial charge in [-0.1, -0.05) is 6.07 Å². The van der Waals surface area contributed by atoms with Gasteiger partial charge >= 0.3 is 0 Å². The molecule has 1 aromatic heterocycles. The molecule has 0 unspecified atom stereocenters. The Bertz CT molecular complexity index is 995. The van der Waals surface area contributed by atoms with Crippen molar-refractivity contribution >= 4 is 39.7 Å². The van der Waals surface area contributed by atoms with Gasteiger partial charge in [0.1, 0.15) is 5.00 Å². The van der Waals surface area contributed by atoms with Gasteiger partial charge in [0.05, 0.1) is 5.56 Å². The lowest BCUT2D eigenvalue weighted by atomic mass is 10.0. The molecular weight excluding hydrogens is 424 g/mol. The van der Waals surface area contributed by atoms with Gasteiger partial charge in [0.15, 0.2) is 0 Å². The molecule has 7 nitrogen and oxygen atoms in total. The second-order valence-corrected chi connectivity index (χ2v) is 9.61. The summed E-state index contributed by atoms with van der Waals surface area (Å²) in [5, 5.41) is 8.36. The zero-order valence-electron chi connectivity index (χ0n) is 18.6. The number of nitrogens with zero attached hydrogens (tertiary/aromatic N) is 2. The van der Waals surface area contributed by atoms with Crippen LogP contribution in [0, 0.1) is 0 Å². The maximum atomic E-state index is 12.9. The highest BCUT2D eigenvalue weighted by atomic mass is 32.1. The van der Waals surface area contributed by atoms with Crippen molar-refractivity contribution in [2.75, 3.05) is 29.9 Å². The molecule has 32 heavy (non-hydrogen) atoms. The molecule has 2 aliphatic heterocycles. The monoisotopic (exact) mass is 454 g/mol. The lowest BCUT2D eigenvalue weighted by Crippen LogP contribution is -2.46. The van der Waals surface area contributed by atoms with Crippen LogP contribution in [0.3, 0.4) is 0 Å². The minimum atomic E-state index is -0.291. The summed E-state index contributed by atoms with van der Waals surface area (Å²) < 4.78 is 0. The third-order valence-electron chi connectivity index (χ3n) is 6.23. The third kappa shape index (κ3) is 5.02. The molecular formula is C24H30N4O3S. The molecule has 2 fully saturated rings. The first-order chi connectivity index (χ1) is 15.4. The number of thiophene rings is 1. The van der Waals surface area contributed by atoms with Crippen molar-refractivity contribution in [2.24, 2.45) is 0 Å². The summed E-state index contributed by atoms with van der Waals surface area (Å²) in [6, 6.07) is 9.49. The van der Waals surface area contributed by atoms with Crippen LogP contribution in [0.25, 0.3) is 0 Å². The van der Waals surface area contributed by atoms with E-state index in [1.54, 1.807) is 29.2 Å². The van der Waals surface area contributed by atoms with E-state index < -0.39 is 0 Å². The van der Waals surface area contributed by atoms with Crippen LogP contribution in [-0.2, 0) is 4.79 Å². The van der Waals surface area contributed by atoms with Gasteiger partial charge in [-0.05, 0) is 62.8 Å². The lowest BCUT2D eigenvalue weighted by Gasteiger charge is -2.34. The molecule has 3 amide bonds. The lowest BCUT2D eigenvalue weighted by molar-refractivity contribution is -0.117. The first kappa shape index (κ1) is 22.5. The second-order valence-electron chi connectivity index (χ2n) is 8.69. The standard InChI is InChI=1S/C24H30N4O3S/c1-16(2)27-12-8-18(9-13-27)25-23(31)20-10-14-32-24(20)26-22(30)17-5-3-6-19(15-17)28-11-4-7-21(28)29/h3,5-6,10,14-16,18H,4,7-9,11-13H2,1-2H3,(H,25,31)(H,26,30). The Morgan fingerprint density at radius 2 is 1.88 bits per heavy atom. The van der Waals surface area contributed by atoms with E-state index in [4.69, 9.17) is 0 Å². The Morgan fingerprint density at radius 1 is 1.09 bits per heavy atom. The van der Waals surface area contributed by atoms with E-state index in [9.17, 15) is 14.4 Å². The first-order valence-corrected chi connectivity index (χ1v) is 12.1. The van der Waals surface area contributed by atoms with Gasteiger partial charge in [0.2, 0.25) is 5.91 Å². The minimum Gasteiger partial charge on any atom is -0.349 e. The molecule has 3 heterocycles. The molecule has 8 heteroatoms. The van der Waals surface area contributed by atoms with E-state index in [0.29, 0.717) is 35.1 Å². The average molecular weight is 455 g/mol. The molecule has 2 N–H and O–H groups in total. The normalized spacial score (nSPS) is 17.7. The third-order valence-corrected chi connectivity index (χ3v) is 7.06. The summed E-state index contributed by atoms with van der Waals surface area (Å²) in [4.78, 5) is 41.9. The number of carbonyl (C=O) groups is 3. The number of rotatable bonds is 6. The van der Waals surface area contributed by atoms with Gasteiger partial charge in [0, 0.05) is 49.4 Å². The number of carbonyl (C=O) groups excluding carboxylic acids is 3. The highest BCUT2D eigenvalue weighted by molar-refractivity contribution is 7.14. The number of likely N-dealkylation sites (tertiary alicyclic amines) is 1. The minimum absolute atomic E-state index is 0.0824. The van der Waals surface area contributed by atoms with Crippen LogP contribution >= 0.6 is 11.3 Å². The Kier molecular flexibility index (Phi) is 6.91. The van der Waals surface area contributed by atoms with E-state index >= 15 is 0 Å². The number of hydrogen-bond acceptors (Lipinski definition) is 5. The van der Waals surface area contributed by atoms with Gasteiger partial charge in [-0.2, -0.15) is 0 Å². The number of hydrogen-bond donors (Lipinski definition) is 2. The van der Waals surface area contributed by atoms with E-state index in [1.807, 2.05) is 11.4 Å². The summed E-state index contributed by atoms with van der Waals surface area (Å²) in [6.07, 6.45) is 3.23. The quantitative estimate of drug-likeness (QED) is 0.697. The smallest absolute Gasteiger partial charge is 0.256 e. The summed E-state index contributed by atoms with van der Waals surface area (Å²) in [5.41, 5.74) is 1.68. The van der Waals surface area contributed by atoms with Crippen LogP contribution in [0.5, 0.6) is 0 Å². The molecule has 0 radical (unpaired) electrons. The van der Waals surface area contributed by atoms with Gasteiger partial charge in [-0.25, -0.2) is 0 Å². The van der Waals surface area contributed by atoms with Crippen molar-refractivity contribution in [1.82, 2.24) is 10.2 Å². The summed E-state index contributed by atoms with van der Waals surface area (Å²) in [5.74, 6) is -0.361. The molecule has 1 aromatic carbocycles. The predicted octanol–water partition coefficient (Wildman–Crippen LogP) is 3.73. The molecule has 2 aromatic rings. The number of piperidine rings is 1. The van der Waals surface area contributed by atoms with Gasteiger partial charge in [-0.15, -0.1) is 11.3 Å². The predicted molar refractivity (Wildman–Crippen MR) is 127 cm³/mol. The first-order valence-electron chi connectivity index (χ1n) is 11.3. The summed E-state index contributed by atoms with van der Waals surface area (Å²) in [6.45, 7) is 7.02. The van der Waals surface area contributed by atoms with E-state index in [1.165, 1.54) is 11.3 Å². The molecule has 0 aliphatic carbocycles. The van der Waals surface area contributed by atoms with Crippen LogP contribution < -0.4 is 15.5 Å². The Morgan fingerprint density at radius 3 is 2.56 bits per heavy atom. The van der Waals surface area contributed by atoms with E-state index in [0.717, 1.165) is 38.0 Å². The highest BCUT2D eigenvalue weighted by Crippen LogP contribution is 2.26. The molecule has 0 saturated carbocycles. The van der Waals surface area contributed by atoms with Gasteiger partial charge in [-0.3, -0.25) is 14.4 Å². The molecule has 2 saturated heterocycles. The molecule has 4 rings (SSSR count). The maximum Gasteiger partial charge on any atom is 0.256 e. The van der Waals surface area contributed by atoms with Crippen molar-refractivity contribution in [3.63, 3.8) is 0 Å². The van der Waals surface area contributed by atoms with Crippen molar-refractivity contribution in [1.29, 1.82) is 0 Å². The van der Waals surface area contributed by atoms with Crippen molar-refractivity contribution in [2.45, 2.75) is 51.6 Å². The Labute approximate surface area is 192 Å². The fourth-order valence-electron chi connectivity index (χ4n) is 4.32. The fourth-order valence-corrected chi connectivity index (χ4v) is 5.10. The average Bonchev–Trinajstić information content (AvgIpc) is 3.43. The van der Waals surface area contributed by atoms with Crippen molar-refractivity contribution in [3.8, 4) is 0 Å². The zero-order chi connectivity index (χ0) is 22.7. The highest BCUT2D eigenvalue weighted by Gasteiger charge is 2.25.